The van der Waals surface area contributed by atoms with E-state index in [1.807, 2.05) is 29.8 Å². The van der Waals surface area contributed by atoms with Crippen LogP contribution in [0.25, 0.3) is 11.1 Å². The molecule has 5 nitrogen and oxygen atoms in total. The van der Waals surface area contributed by atoms with Gasteiger partial charge in [-0.3, -0.25) is 4.79 Å². The number of rotatable bonds is 5. The van der Waals surface area contributed by atoms with Crippen LogP contribution in [0.2, 0.25) is 0 Å². The quantitative estimate of drug-likeness (QED) is 0.696. The van der Waals surface area contributed by atoms with Gasteiger partial charge in [-0.25, -0.2) is 4.79 Å². The Bertz CT molecular complexity index is 1090. The lowest BCUT2D eigenvalue weighted by Gasteiger charge is -2.28. The molecule has 0 bridgehead atoms. The maximum absolute atomic E-state index is 12.8. The molecular formula is C24H24N2O3. The first kappa shape index (κ1) is 19.2. The Morgan fingerprint density at radius 3 is 2.45 bits per heavy atom. The number of aromatic carboxylic acids is 1. The van der Waals surface area contributed by atoms with Crippen molar-refractivity contribution in [3.8, 4) is 11.1 Å². The Hall–Kier alpha value is -3.18. The molecule has 4 rings (SSSR count). The first-order valence-corrected chi connectivity index (χ1v) is 9.89. The summed E-state index contributed by atoms with van der Waals surface area (Å²) >= 11 is 0. The van der Waals surface area contributed by atoms with Gasteiger partial charge in [0.05, 0.1) is 0 Å². The van der Waals surface area contributed by atoms with E-state index in [1.165, 1.54) is 6.20 Å². The molecule has 0 amide bonds. The van der Waals surface area contributed by atoms with Gasteiger partial charge < -0.3 is 15.0 Å². The van der Waals surface area contributed by atoms with Crippen LogP contribution in [-0.4, -0.2) is 22.7 Å². The molecule has 0 saturated carbocycles. The van der Waals surface area contributed by atoms with Crippen LogP contribution < -0.4 is 10.7 Å². The topological polar surface area (TPSA) is 71.3 Å². The zero-order valence-electron chi connectivity index (χ0n) is 16.4. The third-order valence-electron chi connectivity index (χ3n) is 5.68. The van der Waals surface area contributed by atoms with Crippen LogP contribution in [0.15, 0.2) is 65.6 Å². The van der Waals surface area contributed by atoms with E-state index < -0.39 is 5.97 Å². The highest BCUT2D eigenvalue weighted by atomic mass is 16.4. The van der Waals surface area contributed by atoms with Crippen molar-refractivity contribution in [2.45, 2.75) is 31.8 Å². The summed E-state index contributed by atoms with van der Waals surface area (Å²) in [6, 6.07) is 18.4. The fourth-order valence-electron chi connectivity index (χ4n) is 4.19. The lowest BCUT2D eigenvalue weighted by molar-refractivity contribution is 0.0694. The van der Waals surface area contributed by atoms with E-state index in [9.17, 15) is 14.7 Å². The zero-order valence-corrected chi connectivity index (χ0v) is 16.4. The number of hydrogen-bond acceptors (Lipinski definition) is 3. The second-order valence-electron chi connectivity index (χ2n) is 7.46. The summed E-state index contributed by atoms with van der Waals surface area (Å²) in [6.45, 7) is 0.536. The zero-order chi connectivity index (χ0) is 20.4. The highest BCUT2D eigenvalue weighted by Crippen LogP contribution is 2.28. The highest BCUT2D eigenvalue weighted by Gasteiger charge is 2.27. The predicted octanol–water partition coefficient (Wildman–Crippen LogP) is 3.86. The minimum Gasteiger partial charge on any atom is -0.477 e. The molecule has 148 valence electrons. The Balaban J connectivity index is 1.73. The molecule has 2 aromatic carbocycles. The van der Waals surface area contributed by atoms with Crippen molar-refractivity contribution < 1.29 is 9.90 Å². The number of carboxylic acid groups (broad SMARTS) is 1. The molecule has 1 heterocycles. The number of pyridine rings is 1. The molecule has 0 fully saturated rings. The molecule has 0 aliphatic heterocycles. The first-order valence-electron chi connectivity index (χ1n) is 9.89. The molecule has 0 saturated heterocycles. The van der Waals surface area contributed by atoms with E-state index in [2.05, 4.69) is 41.7 Å². The van der Waals surface area contributed by atoms with Crippen LogP contribution in [-0.2, 0) is 13.0 Å². The number of nitrogens with zero attached hydrogens (tertiary/aromatic N) is 1. The first-order chi connectivity index (χ1) is 14.1. The lowest BCUT2D eigenvalue weighted by Crippen LogP contribution is -2.34. The largest absolute Gasteiger partial charge is 0.477 e. The van der Waals surface area contributed by atoms with Gasteiger partial charge >= 0.3 is 5.97 Å². The van der Waals surface area contributed by atoms with Crippen molar-refractivity contribution in [1.29, 1.82) is 0 Å². The van der Waals surface area contributed by atoms with E-state index in [0.29, 0.717) is 12.1 Å². The average molecular weight is 388 g/mol. The summed E-state index contributed by atoms with van der Waals surface area (Å²) in [7, 11) is 1.82. The molecule has 1 aromatic heterocycles. The molecule has 1 aliphatic carbocycles. The fourth-order valence-corrected chi connectivity index (χ4v) is 4.19. The van der Waals surface area contributed by atoms with Crippen LogP contribution >= 0.6 is 0 Å². The molecule has 2 N–H and O–H groups in total. The average Bonchev–Trinajstić information content (AvgIpc) is 2.76. The third-order valence-corrected chi connectivity index (χ3v) is 5.68. The van der Waals surface area contributed by atoms with Gasteiger partial charge in [-0.1, -0.05) is 54.6 Å². The normalized spacial score (nSPS) is 15.7. The van der Waals surface area contributed by atoms with Gasteiger partial charge in [0.25, 0.3) is 0 Å². The van der Waals surface area contributed by atoms with Crippen LogP contribution in [0, 0.1) is 0 Å². The Morgan fingerprint density at radius 2 is 1.79 bits per heavy atom. The van der Waals surface area contributed by atoms with E-state index in [1.54, 1.807) is 0 Å². The van der Waals surface area contributed by atoms with E-state index in [4.69, 9.17) is 0 Å². The molecule has 5 heteroatoms. The van der Waals surface area contributed by atoms with Gasteiger partial charge in [0.2, 0.25) is 5.43 Å². The van der Waals surface area contributed by atoms with Gasteiger partial charge in [-0.15, -0.1) is 0 Å². The van der Waals surface area contributed by atoms with Gasteiger partial charge in [0.1, 0.15) is 5.56 Å². The van der Waals surface area contributed by atoms with E-state index >= 15 is 0 Å². The third kappa shape index (κ3) is 3.74. The second kappa shape index (κ2) is 8.05. The molecule has 1 atom stereocenters. The van der Waals surface area contributed by atoms with Crippen LogP contribution in [0.5, 0.6) is 0 Å². The van der Waals surface area contributed by atoms with Crippen LogP contribution in [0.1, 0.15) is 46.1 Å². The Morgan fingerprint density at radius 1 is 1.10 bits per heavy atom. The van der Waals surface area contributed by atoms with Gasteiger partial charge in [0, 0.05) is 30.0 Å². The smallest absolute Gasteiger partial charge is 0.341 e. The van der Waals surface area contributed by atoms with Gasteiger partial charge in [0.15, 0.2) is 0 Å². The maximum Gasteiger partial charge on any atom is 0.341 e. The molecule has 0 radical (unpaired) electrons. The number of carboxylic acids is 1. The SMILES string of the molecule is CNC1CCCc2c1c(=O)c(C(=O)O)cn2Cc1ccc(-c2ccccc2)cc1. The van der Waals surface area contributed by atoms with Crippen LogP contribution in [0.4, 0.5) is 0 Å². The summed E-state index contributed by atoms with van der Waals surface area (Å²) in [5, 5.41) is 12.7. The highest BCUT2D eigenvalue weighted by molar-refractivity contribution is 5.87. The number of benzene rings is 2. The molecule has 1 unspecified atom stereocenters. The van der Waals surface area contributed by atoms with E-state index in [-0.39, 0.29) is 17.0 Å². The Labute approximate surface area is 169 Å². The molecule has 3 aromatic rings. The fraction of sp³-hybridized carbons (Fsp3) is 0.250. The maximum atomic E-state index is 12.8. The number of carbonyl (C=O) groups is 1. The number of aromatic nitrogens is 1. The molecule has 0 spiro atoms. The van der Waals surface area contributed by atoms with Crippen molar-refractivity contribution in [1.82, 2.24) is 9.88 Å². The Kier molecular flexibility index (Phi) is 5.32. The summed E-state index contributed by atoms with van der Waals surface area (Å²) in [5.41, 5.74) is 4.40. The summed E-state index contributed by atoms with van der Waals surface area (Å²) in [5.74, 6) is -1.17. The summed E-state index contributed by atoms with van der Waals surface area (Å²) in [4.78, 5) is 24.5. The minimum absolute atomic E-state index is 0.0998. The standard InChI is InChI=1S/C24H24N2O3/c1-25-20-8-5-9-21-22(20)23(27)19(24(28)29)15-26(21)14-16-10-12-18(13-11-16)17-6-3-2-4-7-17/h2-4,6-7,10-13,15,20,25H,5,8-9,14H2,1H3,(H,28,29). The van der Waals surface area contributed by atoms with Crippen molar-refractivity contribution in [3.05, 3.63) is 93.4 Å². The van der Waals surface area contributed by atoms with Gasteiger partial charge in [-0.2, -0.15) is 0 Å². The number of hydrogen-bond donors (Lipinski definition) is 2. The predicted molar refractivity (Wildman–Crippen MR) is 113 cm³/mol. The lowest BCUT2D eigenvalue weighted by atomic mass is 9.89. The second-order valence-corrected chi connectivity index (χ2v) is 7.46. The van der Waals surface area contributed by atoms with Crippen molar-refractivity contribution >= 4 is 5.97 Å². The number of nitrogens with one attached hydrogen (secondary N) is 1. The van der Waals surface area contributed by atoms with Crippen LogP contribution in [0.3, 0.4) is 0 Å². The van der Waals surface area contributed by atoms with Crippen molar-refractivity contribution in [2.24, 2.45) is 0 Å². The monoisotopic (exact) mass is 388 g/mol. The number of fused-ring (bicyclic) bond motifs is 1. The van der Waals surface area contributed by atoms with Gasteiger partial charge in [-0.05, 0) is 43.0 Å². The minimum atomic E-state index is -1.17. The van der Waals surface area contributed by atoms with Crippen molar-refractivity contribution in [3.63, 3.8) is 0 Å². The molecular weight excluding hydrogens is 364 g/mol. The molecule has 29 heavy (non-hydrogen) atoms. The summed E-state index contributed by atoms with van der Waals surface area (Å²) < 4.78 is 1.95. The van der Waals surface area contributed by atoms with E-state index in [0.717, 1.165) is 41.6 Å². The molecule has 1 aliphatic rings. The summed E-state index contributed by atoms with van der Waals surface area (Å²) in [6.07, 6.45) is 4.10. The van der Waals surface area contributed by atoms with Crippen molar-refractivity contribution in [2.75, 3.05) is 7.05 Å².